The van der Waals surface area contributed by atoms with Crippen molar-refractivity contribution in [3.8, 4) is 0 Å². The molecule has 0 heterocycles. The number of carbonyl (C=O) groups excluding carboxylic acids is 1. The summed E-state index contributed by atoms with van der Waals surface area (Å²) in [5, 5.41) is 0. The summed E-state index contributed by atoms with van der Waals surface area (Å²) in [4.78, 5) is 11.0. The van der Waals surface area contributed by atoms with E-state index in [0.29, 0.717) is 12.8 Å². The Morgan fingerprint density at radius 1 is 1.43 bits per heavy atom. The van der Waals surface area contributed by atoms with E-state index in [1.54, 1.807) is 0 Å². The highest BCUT2D eigenvalue weighted by Gasteiger charge is 2.25. The van der Waals surface area contributed by atoms with E-state index < -0.39 is 12.6 Å². The standard InChI is InChI=1S/C10H13F3O/c11-10(12,13)6-2-4-8-3-1-5-9(14)7-8/h2,4,8H,1,3,5-7H2/b4-2+. The maximum absolute atomic E-state index is 11.8. The fourth-order valence-corrected chi connectivity index (χ4v) is 1.62. The van der Waals surface area contributed by atoms with Crippen LogP contribution in [0.3, 0.4) is 0 Å². The first-order chi connectivity index (χ1) is 6.47. The van der Waals surface area contributed by atoms with E-state index in [-0.39, 0.29) is 11.7 Å². The van der Waals surface area contributed by atoms with Crippen LogP contribution in [0.1, 0.15) is 32.1 Å². The van der Waals surface area contributed by atoms with Gasteiger partial charge in [-0.2, -0.15) is 13.2 Å². The van der Waals surface area contributed by atoms with Gasteiger partial charge in [0.15, 0.2) is 0 Å². The van der Waals surface area contributed by atoms with E-state index in [9.17, 15) is 18.0 Å². The summed E-state index contributed by atoms with van der Waals surface area (Å²) in [7, 11) is 0. The van der Waals surface area contributed by atoms with E-state index in [1.807, 2.05) is 0 Å². The molecule has 1 saturated carbocycles. The lowest BCUT2D eigenvalue weighted by Crippen LogP contribution is -2.13. The number of halogens is 3. The lowest BCUT2D eigenvalue weighted by Gasteiger charge is -2.16. The van der Waals surface area contributed by atoms with Gasteiger partial charge in [0, 0.05) is 12.8 Å². The highest BCUT2D eigenvalue weighted by Crippen LogP contribution is 2.24. The average molecular weight is 206 g/mol. The Balaban J connectivity index is 2.32. The summed E-state index contributed by atoms with van der Waals surface area (Å²) in [6.07, 6.45) is 0.276. The van der Waals surface area contributed by atoms with E-state index in [2.05, 4.69) is 0 Å². The third kappa shape index (κ3) is 4.44. The SMILES string of the molecule is O=C1CCCC(/C=C/CC(F)(F)F)C1. The molecule has 1 fully saturated rings. The predicted molar refractivity (Wildman–Crippen MR) is 46.8 cm³/mol. The largest absolute Gasteiger partial charge is 0.392 e. The summed E-state index contributed by atoms with van der Waals surface area (Å²) in [6.45, 7) is 0. The maximum Gasteiger partial charge on any atom is 0.392 e. The Labute approximate surface area is 81.0 Å². The van der Waals surface area contributed by atoms with Crippen LogP contribution >= 0.6 is 0 Å². The third-order valence-corrected chi connectivity index (χ3v) is 2.28. The van der Waals surface area contributed by atoms with Crippen LogP contribution in [0.4, 0.5) is 13.2 Å². The summed E-state index contributed by atoms with van der Waals surface area (Å²) in [5.74, 6) is 0.191. The predicted octanol–water partition coefficient (Wildman–Crippen LogP) is 3.25. The number of Topliss-reactive ketones (excluding diaryl/α,β-unsaturated/α-hetero) is 1. The first kappa shape index (κ1) is 11.3. The van der Waals surface area contributed by atoms with E-state index in [4.69, 9.17) is 0 Å². The Morgan fingerprint density at radius 3 is 2.71 bits per heavy atom. The summed E-state index contributed by atoms with van der Waals surface area (Å²) >= 11 is 0. The molecule has 1 aliphatic rings. The van der Waals surface area contributed by atoms with Gasteiger partial charge < -0.3 is 0 Å². The molecule has 0 N–H and O–H groups in total. The Morgan fingerprint density at radius 2 is 2.14 bits per heavy atom. The van der Waals surface area contributed by atoms with Gasteiger partial charge in [0.2, 0.25) is 0 Å². The molecule has 0 radical (unpaired) electrons. The molecule has 80 valence electrons. The minimum absolute atomic E-state index is 0.0265. The van der Waals surface area contributed by atoms with E-state index in [1.165, 1.54) is 6.08 Å². The van der Waals surface area contributed by atoms with Gasteiger partial charge in [0.25, 0.3) is 0 Å². The first-order valence-corrected chi connectivity index (χ1v) is 4.72. The molecular weight excluding hydrogens is 193 g/mol. The van der Waals surface area contributed by atoms with Crippen molar-refractivity contribution in [3.63, 3.8) is 0 Å². The van der Waals surface area contributed by atoms with Gasteiger partial charge in [0.1, 0.15) is 5.78 Å². The molecule has 1 nitrogen and oxygen atoms in total. The molecule has 0 aromatic rings. The number of hydrogen-bond acceptors (Lipinski definition) is 1. The van der Waals surface area contributed by atoms with Crippen molar-refractivity contribution >= 4 is 5.78 Å². The van der Waals surface area contributed by atoms with Gasteiger partial charge in [-0.15, -0.1) is 0 Å². The highest BCUT2D eigenvalue weighted by atomic mass is 19.4. The van der Waals surface area contributed by atoms with Crippen LogP contribution in [0.15, 0.2) is 12.2 Å². The number of rotatable bonds is 2. The van der Waals surface area contributed by atoms with Crippen molar-refractivity contribution in [2.45, 2.75) is 38.3 Å². The smallest absolute Gasteiger partial charge is 0.300 e. The second-order valence-corrected chi connectivity index (χ2v) is 3.64. The molecule has 0 saturated heterocycles. The van der Waals surface area contributed by atoms with Gasteiger partial charge in [-0.3, -0.25) is 4.79 Å². The van der Waals surface area contributed by atoms with Crippen molar-refractivity contribution in [1.29, 1.82) is 0 Å². The molecule has 14 heavy (non-hydrogen) atoms. The summed E-state index contributed by atoms with van der Waals surface area (Å²) in [5.41, 5.74) is 0. The van der Waals surface area contributed by atoms with Crippen LogP contribution in [0.25, 0.3) is 0 Å². The normalized spacial score (nSPS) is 24.5. The molecule has 1 aliphatic carbocycles. The van der Waals surface area contributed by atoms with Crippen molar-refractivity contribution in [3.05, 3.63) is 12.2 Å². The zero-order valence-electron chi connectivity index (χ0n) is 7.81. The minimum atomic E-state index is -4.13. The number of allylic oxidation sites excluding steroid dienone is 2. The summed E-state index contributed by atoms with van der Waals surface area (Å²) in [6, 6.07) is 0. The quantitative estimate of drug-likeness (QED) is 0.634. The van der Waals surface area contributed by atoms with Gasteiger partial charge in [-0.1, -0.05) is 12.2 Å². The minimum Gasteiger partial charge on any atom is -0.300 e. The second-order valence-electron chi connectivity index (χ2n) is 3.64. The van der Waals surface area contributed by atoms with Crippen LogP contribution in [-0.4, -0.2) is 12.0 Å². The molecule has 0 aliphatic heterocycles. The van der Waals surface area contributed by atoms with Crippen LogP contribution in [-0.2, 0) is 4.79 Å². The van der Waals surface area contributed by atoms with E-state index in [0.717, 1.165) is 18.9 Å². The lowest BCUT2D eigenvalue weighted by atomic mass is 9.88. The topological polar surface area (TPSA) is 17.1 Å². The molecule has 1 unspecified atom stereocenters. The summed E-state index contributed by atoms with van der Waals surface area (Å²) < 4.78 is 35.3. The highest BCUT2D eigenvalue weighted by molar-refractivity contribution is 5.79. The van der Waals surface area contributed by atoms with E-state index >= 15 is 0 Å². The zero-order valence-corrected chi connectivity index (χ0v) is 7.81. The van der Waals surface area contributed by atoms with Crippen molar-refractivity contribution < 1.29 is 18.0 Å². The van der Waals surface area contributed by atoms with Gasteiger partial charge in [-0.05, 0) is 18.8 Å². The number of alkyl halides is 3. The maximum atomic E-state index is 11.8. The average Bonchev–Trinajstić information content (AvgIpc) is 2.01. The van der Waals surface area contributed by atoms with Crippen molar-refractivity contribution in [1.82, 2.24) is 0 Å². The fourth-order valence-electron chi connectivity index (χ4n) is 1.62. The fraction of sp³-hybridized carbons (Fsp3) is 0.700. The van der Waals surface area contributed by atoms with Crippen LogP contribution in [0.2, 0.25) is 0 Å². The second kappa shape index (κ2) is 4.62. The van der Waals surface area contributed by atoms with Crippen LogP contribution in [0.5, 0.6) is 0 Å². The number of carbonyl (C=O) groups is 1. The third-order valence-electron chi connectivity index (χ3n) is 2.28. The van der Waals surface area contributed by atoms with Gasteiger partial charge in [-0.25, -0.2) is 0 Å². The van der Waals surface area contributed by atoms with Gasteiger partial charge >= 0.3 is 6.18 Å². The Kier molecular flexibility index (Phi) is 3.72. The van der Waals surface area contributed by atoms with Gasteiger partial charge in [0.05, 0.1) is 6.42 Å². The molecule has 0 spiro atoms. The monoisotopic (exact) mass is 206 g/mol. The molecule has 0 aromatic carbocycles. The number of ketones is 1. The molecule has 0 aromatic heterocycles. The molecule has 1 rings (SSSR count). The lowest BCUT2D eigenvalue weighted by molar-refractivity contribution is -0.125. The van der Waals surface area contributed by atoms with Crippen molar-refractivity contribution in [2.75, 3.05) is 0 Å². The zero-order chi connectivity index (χ0) is 10.6. The molecule has 1 atom stereocenters. The first-order valence-electron chi connectivity index (χ1n) is 4.72. The van der Waals surface area contributed by atoms with Crippen LogP contribution in [0, 0.1) is 5.92 Å². The molecule has 0 bridgehead atoms. The molecule has 4 heteroatoms. The van der Waals surface area contributed by atoms with Crippen LogP contribution < -0.4 is 0 Å². The van der Waals surface area contributed by atoms with Crippen molar-refractivity contribution in [2.24, 2.45) is 5.92 Å². The Hall–Kier alpha value is -0.800. The number of hydrogen-bond donors (Lipinski definition) is 0. The Bertz CT molecular complexity index is 230. The molecule has 0 amide bonds. The molecular formula is C10H13F3O.